The maximum absolute atomic E-state index is 11.7. The maximum Gasteiger partial charge on any atom is 0.222 e. The predicted molar refractivity (Wildman–Crippen MR) is 92.0 cm³/mol. The fourth-order valence-corrected chi connectivity index (χ4v) is 2.93. The van der Waals surface area contributed by atoms with E-state index in [2.05, 4.69) is 29.4 Å². The SMILES string of the molecule is COCCC(=O)NCC1Cc2cc(C)cc(-c3ccccn3)c2O1. The Kier molecular flexibility index (Phi) is 5.11. The molecule has 0 aliphatic carbocycles. The predicted octanol–water partition coefficient (Wildman–Crippen LogP) is 2.51. The summed E-state index contributed by atoms with van der Waals surface area (Å²) in [4.78, 5) is 16.2. The lowest BCUT2D eigenvalue weighted by Gasteiger charge is -2.13. The van der Waals surface area contributed by atoms with Gasteiger partial charge >= 0.3 is 0 Å². The highest BCUT2D eigenvalue weighted by Gasteiger charge is 2.27. The third kappa shape index (κ3) is 3.74. The molecule has 1 aliphatic rings. The van der Waals surface area contributed by atoms with Gasteiger partial charge in [0.05, 0.1) is 18.8 Å². The van der Waals surface area contributed by atoms with Crippen LogP contribution in [0.2, 0.25) is 0 Å². The first-order valence-electron chi connectivity index (χ1n) is 8.14. The highest BCUT2D eigenvalue weighted by atomic mass is 16.5. The number of pyridine rings is 1. The van der Waals surface area contributed by atoms with E-state index in [1.807, 2.05) is 18.2 Å². The molecule has 0 saturated carbocycles. The van der Waals surface area contributed by atoms with Crippen molar-refractivity contribution in [3.05, 3.63) is 47.7 Å². The van der Waals surface area contributed by atoms with Gasteiger partial charge in [0, 0.05) is 31.7 Å². The molecule has 2 aromatic rings. The Balaban J connectivity index is 1.72. The molecule has 1 atom stereocenters. The Labute approximate surface area is 142 Å². The molecule has 0 spiro atoms. The molecule has 5 heteroatoms. The summed E-state index contributed by atoms with van der Waals surface area (Å²) < 4.78 is 11.0. The zero-order chi connectivity index (χ0) is 16.9. The molecule has 126 valence electrons. The number of hydrogen-bond donors (Lipinski definition) is 1. The largest absolute Gasteiger partial charge is 0.487 e. The Bertz CT molecular complexity index is 716. The molecule has 0 bridgehead atoms. The molecular weight excluding hydrogens is 304 g/mol. The van der Waals surface area contributed by atoms with Gasteiger partial charge < -0.3 is 14.8 Å². The first-order chi connectivity index (χ1) is 11.7. The zero-order valence-corrected chi connectivity index (χ0v) is 14.0. The lowest BCUT2D eigenvalue weighted by atomic mass is 10.0. The monoisotopic (exact) mass is 326 g/mol. The summed E-state index contributed by atoms with van der Waals surface area (Å²) in [5.41, 5.74) is 4.27. The first kappa shape index (κ1) is 16.5. The highest BCUT2D eigenvalue weighted by molar-refractivity contribution is 5.76. The fraction of sp³-hybridized carbons (Fsp3) is 0.368. The van der Waals surface area contributed by atoms with Crippen LogP contribution in [-0.2, 0) is 16.0 Å². The number of rotatable bonds is 6. The molecule has 1 amide bonds. The number of methoxy groups -OCH3 is 1. The summed E-state index contributed by atoms with van der Waals surface area (Å²) in [6, 6.07) is 10.1. The number of nitrogens with zero attached hydrogens (tertiary/aromatic N) is 1. The van der Waals surface area contributed by atoms with Crippen LogP contribution in [0.25, 0.3) is 11.3 Å². The van der Waals surface area contributed by atoms with Gasteiger partial charge in [-0.05, 0) is 36.2 Å². The van der Waals surface area contributed by atoms with Gasteiger partial charge in [-0.2, -0.15) is 0 Å². The van der Waals surface area contributed by atoms with E-state index in [0.29, 0.717) is 19.6 Å². The van der Waals surface area contributed by atoms with Crippen LogP contribution < -0.4 is 10.1 Å². The van der Waals surface area contributed by atoms with Crippen LogP contribution in [0.5, 0.6) is 5.75 Å². The first-order valence-corrected chi connectivity index (χ1v) is 8.14. The number of ether oxygens (including phenoxy) is 2. The van der Waals surface area contributed by atoms with E-state index < -0.39 is 0 Å². The minimum absolute atomic E-state index is 0.0162. The molecule has 1 unspecified atom stereocenters. The molecule has 0 saturated heterocycles. The molecule has 24 heavy (non-hydrogen) atoms. The summed E-state index contributed by atoms with van der Waals surface area (Å²) in [7, 11) is 1.59. The van der Waals surface area contributed by atoms with E-state index in [-0.39, 0.29) is 12.0 Å². The third-order valence-electron chi connectivity index (χ3n) is 4.04. The highest BCUT2D eigenvalue weighted by Crippen LogP contribution is 2.38. The van der Waals surface area contributed by atoms with Gasteiger partial charge in [-0.15, -0.1) is 0 Å². The van der Waals surface area contributed by atoms with Crippen molar-refractivity contribution in [2.45, 2.75) is 25.9 Å². The molecule has 1 aromatic heterocycles. The average molecular weight is 326 g/mol. The number of fused-ring (bicyclic) bond motifs is 1. The van der Waals surface area contributed by atoms with Crippen LogP contribution in [0.1, 0.15) is 17.5 Å². The van der Waals surface area contributed by atoms with E-state index in [1.165, 1.54) is 11.1 Å². The fourth-order valence-electron chi connectivity index (χ4n) is 2.93. The number of aryl methyl sites for hydroxylation is 1. The standard InChI is InChI=1S/C19H22N2O3/c1-13-9-14-11-15(12-21-18(22)6-8-23-2)24-19(14)16(10-13)17-5-3-4-7-20-17/h3-5,7,9-10,15H,6,8,11-12H2,1-2H3,(H,21,22). The van der Waals surface area contributed by atoms with E-state index in [4.69, 9.17) is 9.47 Å². The smallest absolute Gasteiger partial charge is 0.222 e. The van der Waals surface area contributed by atoms with Crippen molar-refractivity contribution >= 4 is 5.91 Å². The molecule has 2 heterocycles. The average Bonchev–Trinajstić information content (AvgIpc) is 3.00. The van der Waals surface area contributed by atoms with Gasteiger partial charge in [0.2, 0.25) is 5.91 Å². The Morgan fingerprint density at radius 2 is 2.29 bits per heavy atom. The summed E-state index contributed by atoms with van der Waals surface area (Å²) in [5, 5.41) is 2.91. The van der Waals surface area contributed by atoms with Crippen molar-refractivity contribution in [2.24, 2.45) is 0 Å². The Hall–Kier alpha value is -2.40. The molecule has 3 rings (SSSR count). The zero-order valence-electron chi connectivity index (χ0n) is 14.0. The van der Waals surface area contributed by atoms with E-state index in [0.717, 1.165) is 23.4 Å². The van der Waals surface area contributed by atoms with E-state index in [9.17, 15) is 4.79 Å². The molecule has 5 nitrogen and oxygen atoms in total. The molecule has 0 fully saturated rings. The number of carbonyl (C=O) groups is 1. The normalized spacial score (nSPS) is 15.7. The van der Waals surface area contributed by atoms with Crippen molar-refractivity contribution in [1.29, 1.82) is 0 Å². The Morgan fingerprint density at radius 3 is 3.04 bits per heavy atom. The maximum atomic E-state index is 11.7. The van der Waals surface area contributed by atoms with Crippen LogP contribution in [0.15, 0.2) is 36.5 Å². The number of amides is 1. The minimum atomic E-state index is -0.0456. The van der Waals surface area contributed by atoms with Gasteiger partial charge in [0.1, 0.15) is 11.9 Å². The lowest BCUT2D eigenvalue weighted by molar-refractivity contribution is -0.122. The molecule has 1 aliphatic heterocycles. The topological polar surface area (TPSA) is 60.5 Å². The van der Waals surface area contributed by atoms with Crippen molar-refractivity contribution in [1.82, 2.24) is 10.3 Å². The molecular formula is C19H22N2O3. The molecule has 0 radical (unpaired) electrons. The number of aromatic nitrogens is 1. The molecule has 1 aromatic carbocycles. The second-order valence-corrected chi connectivity index (χ2v) is 6.01. The van der Waals surface area contributed by atoms with E-state index in [1.54, 1.807) is 13.3 Å². The van der Waals surface area contributed by atoms with Crippen molar-refractivity contribution < 1.29 is 14.3 Å². The van der Waals surface area contributed by atoms with Gasteiger partial charge in [0.25, 0.3) is 0 Å². The number of benzene rings is 1. The van der Waals surface area contributed by atoms with Gasteiger partial charge in [-0.1, -0.05) is 12.1 Å². The summed E-state index contributed by atoms with van der Waals surface area (Å²) in [6.07, 6.45) is 2.90. The third-order valence-corrected chi connectivity index (χ3v) is 4.04. The van der Waals surface area contributed by atoms with Gasteiger partial charge in [-0.3, -0.25) is 9.78 Å². The number of nitrogens with one attached hydrogen (secondary N) is 1. The molecule has 1 N–H and O–H groups in total. The van der Waals surface area contributed by atoms with Gasteiger partial charge in [-0.25, -0.2) is 0 Å². The van der Waals surface area contributed by atoms with E-state index >= 15 is 0 Å². The number of hydrogen-bond acceptors (Lipinski definition) is 4. The lowest BCUT2D eigenvalue weighted by Crippen LogP contribution is -2.34. The van der Waals surface area contributed by atoms with Crippen molar-refractivity contribution in [2.75, 3.05) is 20.3 Å². The van der Waals surface area contributed by atoms with Crippen LogP contribution in [0, 0.1) is 6.92 Å². The van der Waals surface area contributed by atoms with Crippen LogP contribution >= 0.6 is 0 Å². The van der Waals surface area contributed by atoms with Crippen LogP contribution in [0.3, 0.4) is 0 Å². The van der Waals surface area contributed by atoms with Crippen LogP contribution in [0.4, 0.5) is 0 Å². The van der Waals surface area contributed by atoms with Crippen LogP contribution in [-0.4, -0.2) is 37.3 Å². The minimum Gasteiger partial charge on any atom is -0.487 e. The quantitative estimate of drug-likeness (QED) is 0.886. The second kappa shape index (κ2) is 7.45. The summed E-state index contributed by atoms with van der Waals surface area (Å²) in [5.74, 6) is 0.868. The van der Waals surface area contributed by atoms with Crippen molar-refractivity contribution in [3.8, 4) is 17.0 Å². The second-order valence-electron chi connectivity index (χ2n) is 6.01. The number of carbonyl (C=O) groups excluding carboxylic acids is 1. The summed E-state index contributed by atoms with van der Waals surface area (Å²) >= 11 is 0. The van der Waals surface area contributed by atoms with Gasteiger partial charge in [0.15, 0.2) is 0 Å². The van der Waals surface area contributed by atoms with Crippen molar-refractivity contribution in [3.63, 3.8) is 0 Å². The summed E-state index contributed by atoms with van der Waals surface area (Å²) in [6.45, 7) is 3.01. The Morgan fingerprint density at radius 1 is 1.42 bits per heavy atom.